The van der Waals surface area contributed by atoms with Gasteiger partial charge in [-0.2, -0.15) is 0 Å². The first-order chi connectivity index (χ1) is 16.4. The first-order valence-electron chi connectivity index (χ1n) is 11.3. The molecule has 0 saturated heterocycles. The Morgan fingerprint density at radius 3 is 2.29 bits per heavy atom. The molecular weight excluding hydrogens is 432 g/mol. The summed E-state index contributed by atoms with van der Waals surface area (Å²) >= 11 is 0. The van der Waals surface area contributed by atoms with Crippen LogP contribution in [0.25, 0.3) is 10.8 Å². The molecule has 3 aromatic rings. The molecule has 0 unspecified atom stereocenters. The lowest BCUT2D eigenvalue weighted by Crippen LogP contribution is -2.37. The lowest BCUT2D eigenvalue weighted by Gasteiger charge is -2.19. The minimum absolute atomic E-state index is 0.100. The fraction of sp³-hybridized carbons (Fsp3) is 0.296. The first kappa shape index (κ1) is 24.9. The number of rotatable bonds is 12. The molecule has 0 aliphatic heterocycles. The molecule has 0 fully saturated rings. The lowest BCUT2D eigenvalue weighted by molar-refractivity contribution is -0.152. The predicted molar refractivity (Wildman–Crippen MR) is 129 cm³/mol. The highest BCUT2D eigenvalue weighted by atomic mass is 16.5. The maximum Gasteiger partial charge on any atom is 0.323 e. The van der Waals surface area contributed by atoms with Gasteiger partial charge in [-0.3, -0.25) is 14.4 Å². The van der Waals surface area contributed by atoms with E-state index in [4.69, 9.17) is 20.9 Å². The van der Waals surface area contributed by atoms with Crippen molar-refractivity contribution >= 4 is 28.6 Å². The van der Waals surface area contributed by atoms with E-state index in [1.807, 2.05) is 72.8 Å². The number of benzene rings is 3. The van der Waals surface area contributed by atoms with E-state index in [2.05, 4.69) is 0 Å². The summed E-state index contributed by atoms with van der Waals surface area (Å²) in [7, 11) is 0. The molecule has 3 rings (SSSR count). The standard InChI is InChI=1S/C27H30N2O5/c28-24(11-6-12-26(31)33-18-19-7-2-1-3-8-19)27(32)34-23(17-25(29)30)16-20-13-14-21-9-4-5-10-22(21)15-20/h1-5,7-10,13-15,23-24H,6,11-12,16-18,28H2,(H2,29,30)/t23-,24-/m0/s1. The largest absolute Gasteiger partial charge is 0.461 e. The second-order valence-electron chi connectivity index (χ2n) is 8.26. The Hall–Kier alpha value is -3.71. The summed E-state index contributed by atoms with van der Waals surface area (Å²) in [5, 5.41) is 2.15. The molecule has 0 bridgehead atoms. The van der Waals surface area contributed by atoms with E-state index in [1.54, 1.807) is 0 Å². The van der Waals surface area contributed by atoms with Crippen molar-refractivity contribution in [3.8, 4) is 0 Å². The molecule has 1 amide bonds. The van der Waals surface area contributed by atoms with Crippen molar-refractivity contribution in [3.05, 3.63) is 83.9 Å². The summed E-state index contributed by atoms with van der Waals surface area (Å²) in [6.07, 6.45) is 0.325. The van der Waals surface area contributed by atoms with Gasteiger partial charge in [0.1, 0.15) is 18.8 Å². The molecule has 7 heteroatoms. The van der Waals surface area contributed by atoms with Gasteiger partial charge < -0.3 is 20.9 Å². The minimum Gasteiger partial charge on any atom is -0.461 e. The van der Waals surface area contributed by atoms with Crippen molar-refractivity contribution in [2.24, 2.45) is 11.5 Å². The molecule has 0 aliphatic carbocycles. The minimum atomic E-state index is -0.908. The van der Waals surface area contributed by atoms with Crippen LogP contribution < -0.4 is 11.5 Å². The Balaban J connectivity index is 1.46. The quantitative estimate of drug-likeness (QED) is 0.398. The molecule has 3 aromatic carbocycles. The Labute approximate surface area is 199 Å². The van der Waals surface area contributed by atoms with Gasteiger partial charge >= 0.3 is 11.9 Å². The maximum absolute atomic E-state index is 12.5. The number of ether oxygens (including phenoxy) is 2. The summed E-state index contributed by atoms with van der Waals surface area (Å²) < 4.78 is 10.7. The highest BCUT2D eigenvalue weighted by molar-refractivity contribution is 5.83. The van der Waals surface area contributed by atoms with Crippen LogP contribution in [0.2, 0.25) is 0 Å². The third-order valence-electron chi connectivity index (χ3n) is 5.43. The van der Waals surface area contributed by atoms with Crippen LogP contribution in [-0.2, 0) is 36.9 Å². The number of nitrogens with two attached hydrogens (primary N) is 2. The summed E-state index contributed by atoms with van der Waals surface area (Å²) in [6, 6.07) is 22.3. The Morgan fingerprint density at radius 1 is 0.853 bits per heavy atom. The van der Waals surface area contributed by atoms with E-state index in [0.29, 0.717) is 12.8 Å². The number of amides is 1. The van der Waals surface area contributed by atoms with Gasteiger partial charge in [-0.1, -0.05) is 72.8 Å². The third kappa shape index (κ3) is 8.01. The molecule has 4 N–H and O–H groups in total. The number of carbonyl (C=O) groups is 3. The molecule has 0 heterocycles. The highest BCUT2D eigenvalue weighted by Gasteiger charge is 2.22. The topological polar surface area (TPSA) is 122 Å². The van der Waals surface area contributed by atoms with Crippen LogP contribution in [-0.4, -0.2) is 30.0 Å². The van der Waals surface area contributed by atoms with Crippen LogP contribution in [0.15, 0.2) is 72.8 Å². The number of primary amides is 1. The van der Waals surface area contributed by atoms with Gasteiger partial charge in [-0.15, -0.1) is 0 Å². The van der Waals surface area contributed by atoms with Crippen LogP contribution in [0, 0.1) is 0 Å². The Morgan fingerprint density at radius 2 is 1.56 bits per heavy atom. The Bertz CT molecular complexity index is 1120. The average Bonchev–Trinajstić information content (AvgIpc) is 2.82. The van der Waals surface area contributed by atoms with Crippen molar-refractivity contribution in [1.29, 1.82) is 0 Å². The Kier molecular flexibility index (Phi) is 9.17. The monoisotopic (exact) mass is 462 g/mol. The van der Waals surface area contributed by atoms with Gasteiger partial charge in [0, 0.05) is 12.8 Å². The smallest absolute Gasteiger partial charge is 0.323 e. The van der Waals surface area contributed by atoms with Crippen molar-refractivity contribution in [3.63, 3.8) is 0 Å². The number of hydrogen-bond acceptors (Lipinski definition) is 6. The number of fused-ring (bicyclic) bond motifs is 1. The van der Waals surface area contributed by atoms with Gasteiger partial charge in [0.2, 0.25) is 5.91 Å². The van der Waals surface area contributed by atoms with E-state index in [-0.39, 0.29) is 31.8 Å². The van der Waals surface area contributed by atoms with Crippen LogP contribution in [0.4, 0.5) is 0 Å². The van der Waals surface area contributed by atoms with E-state index in [9.17, 15) is 14.4 Å². The predicted octanol–water partition coefficient (Wildman–Crippen LogP) is 3.41. The molecule has 178 valence electrons. The van der Waals surface area contributed by atoms with E-state index in [0.717, 1.165) is 21.9 Å². The van der Waals surface area contributed by atoms with Gasteiger partial charge in [0.05, 0.1) is 6.42 Å². The molecule has 7 nitrogen and oxygen atoms in total. The number of hydrogen-bond donors (Lipinski definition) is 2. The molecule has 0 radical (unpaired) electrons. The highest BCUT2D eigenvalue weighted by Crippen LogP contribution is 2.18. The van der Waals surface area contributed by atoms with Crippen molar-refractivity contribution in [2.75, 3.05) is 0 Å². The normalized spacial score (nSPS) is 12.6. The molecule has 0 saturated carbocycles. The van der Waals surface area contributed by atoms with E-state index >= 15 is 0 Å². The fourth-order valence-corrected chi connectivity index (χ4v) is 3.65. The summed E-state index contributed by atoms with van der Waals surface area (Å²) in [4.78, 5) is 36.0. The van der Waals surface area contributed by atoms with Crippen LogP contribution in [0.3, 0.4) is 0 Å². The molecular formula is C27H30N2O5. The number of carbonyl (C=O) groups excluding carboxylic acids is 3. The third-order valence-corrected chi connectivity index (χ3v) is 5.43. The second-order valence-corrected chi connectivity index (χ2v) is 8.26. The molecule has 0 aliphatic rings. The lowest BCUT2D eigenvalue weighted by atomic mass is 10.0. The summed E-state index contributed by atoms with van der Waals surface area (Å²) in [5.74, 6) is -1.54. The van der Waals surface area contributed by atoms with Crippen molar-refractivity contribution < 1.29 is 23.9 Å². The van der Waals surface area contributed by atoms with Crippen LogP contribution in [0.1, 0.15) is 36.8 Å². The molecule has 34 heavy (non-hydrogen) atoms. The summed E-state index contributed by atoms with van der Waals surface area (Å²) in [6.45, 7) is 0.206. The van der Waals surface area contributed by atoms with Crippen molar-refractivity contribution in [2.45, 2.75) is 50.9 Å². The first-order valence-corrected chi connectivity index (χ1v) is 11.3. The van der Waals surface area contributed by atoms with Gasteiger partial charge in [0.25, 0.3) is 0 Å². The zero-order valence-electron chi connectivity index (χ0n) is 19.0. The van der Waals surface area contributed by atoms with E-state index in [1.165, 1.54) is 0 Å². The van der Waals surface area contributed by atoms with E-state index < -0.39 is 24.0 Å². The maximum atomic E-state index is 12.5. The van der Waals surface area contributed by atoms with Gasteiger partial charge in [-0.25, -0.2) is 0 Å². The molecule has 0 aromatic heterocycles. The zero-order chi connectivity index (χ0) is 24.3. The number of esters is 2. The van der Waals surface area contributed by atoms with Crippen LogP contribution >= 0.6 is 0 Å². The van der Waals surface area contributed by atoms with Crippen molar-refractivity contribution in [1.82, 2.24) is 0 Å². The fourth-order valence-electron chi connectivity index (χ4n) is 3.65. The average molecular weight is 463 g/mol. The second kappa shape index (κ2) is 12.5. The molecule has 0 spiro atoms. The van der Waals surface area contributed by atoms with Gasteiger partial charge in [0.15, 0.2) is 0 Å². The SMILES string of the molecule is NC(=O)C[C@H](Cc1ccc2ccccc2c1)OC(=O)[C@@H](N)CCCC(=O)OCc1ccccc1. The zero-order valence-corrected chi connectivity index (χ0v) is 19.0. The van der Waals surface area contributed by atoms with Crippen LogP contribution in [0.5, 0.6) is 0 Å². The molecule has 2 atom stereocenters. The summed E-state index contributed by atoms with van der Waals surface area (Å²) in [5.41, 5.74) is 13.2. The van der Waals surface area contributed by atoms with Gasteiger partial charge in [-0.05, 0) is 34.7 Å².